The molecular formula is C20H32N4O. The molecule has 1 atom stereocenters. The number of hydrogen-bond acceptors (Lipinski definition) is 3. The van der Waals surface area contributed by atoms with Gasteiger partial charge in [0.05, 0.1) is 0 Å². The summed E-state index contributed by atoms with van der Waals surface area (Å²) in [6.45, 7) is 10.4. The summed E-state index contributed by atoms with van der Waals surface area (Å²) in [5, 5.41) is 6.78. The van der Waals surface area contributed by atoms with E-state index < -0.39 is 0 Å². The molecule has 0 aliphatic carbocycles. The molecule has 0 radical (unpaired) electrons. The lowest BCUT2D eigenvalue weighted by molar-refractivity contribution is 0.163. The minimum Gasteiger partial charge on any atom is -0.489 e. The van der Waals surface area contributed by atoms with E-state index in [9.17, 15) is 0 Å². The Labute approximate surface area is 152 Å². The van der Waals surface area contributed by atoms with Crippen molar-refractivity contribution in [1.29, 1.82) is 0 Å². The molecule has 5 nitrogen and oxygen atoms in total. The number of nitrogens with zero attached hydrogens (tertiary/aromatic N) is 2. The van der Waals surface area contributed by atoms with E-state index in [2.05, 4.69) is 40.1 Å². The van der Waals surface area contributed by atoms with Gasteiger partial charge in [-0.1, -0.05) is 37.3 Å². The zero-order chi connectivity index (χ0) is 17.9. The van der Waals surface area contributed by atoms with Crippen molar-refractivity contribution < 1.29 is 4.74 Å². The van der Waals surface area contributed by atoms with Gasteiger partial charge in [0.1, 0.15) is 12.4 Å². The van der Waals surface area contributed by atoms with E-state index in [1.54, 1.807) is 13.1 Å². The zero-order valence-electron chi connectivity index (χ0n) is 15.6. The van der Waals surface area contributed by atoms with Gasteiger partial charge >= 0.3 is 0 Å². The number of guanidine groups is 1. The second-order valence-electron chi connectivity index (χ2n) is 6.44. The number of hydrogen-bond donors (Lipinski definition) is 2. The van der Waals surface area contributed by atoms with Gasteiger partial charge in [-0.15, -0.1) is 0 Å². The molecule has 2 N–H and O–H groups in total. The quantitative estimate of drug-likeness (QED) is 0.432. The van der Waals surface area contributed by atoms with Gasteiger partial charge in [0.25, 0.3) is 0 Å². The fourth-order valence-corrected chi connectivity index (χ4v) is 3.15. The molecule has 1 aromatic carbocycles. The van der Waals surface area contributed by atoms with Crippen LogP contribution in [0.25, 0.3) is 0 Å². The summed E-state index contributed by atoms with van der Waals surface area (Å²) in [5.41, 5.74) is 1.11. The van der Waals surface area contributed by atoms with Gasteiger partial charge < -0.3 is 15.4 Å². The molecule has 1 fully saturated rings. The normalized spacial score (nSPS) is 18.6. The van der Waals surface area contributed by atoms with Crippen molar-refractivity contribution in [2.75, 3.05) is 33.3 Å². The van der Waals surface area contributed by atoms with Crippen molar-refractivity contribution in [3.05, 3.63) is 42.5 Å². The van der Waals surface area contributed by atoms with Crippen LogP contribution in [0.1, 0.15) is 31.7 Å². The molecule has 25 heavy (non-hydrogen) atoms. The fraction of sp³-hybridized carbons (Fsp3) is 0.550. The van der Waals surface area contributed by atoms with Gasteiger partial charge in [0, 0.05) is 38.3 Å². The summed E-state index contributed by atoms with van der Waals surface area (Å²) in [6.07, 6.45) is 5.75. The molecule has 1 saturated heterocycles. The van der Waals surface area contributed by atoms with Crippen LogP contribution in [0.2, 0.25) is 0 Å². The molecule has 1 aliphatic rings. The molecule has 2 rings (SSSR count). The molecule has 0 bridgehead atoms. The predicted octanol–water partition coefficient (Wildman–Crippen LogP) is 2.79. The standard InChI is InChI=1S/C20H32N4O/c1-4-15-25-19-11-6-5-10-18(19)16-23-20(21-3)22-12-14-24-13-8-7-9-17(24)2/h4-6,10-11,17H,1,7-9,12-16H2,2-3H3,(H2,21,22,23). The van der Waals surface area contributed by atoms with Gasteiger partial charge in [-0.05, 0) is 32.4 Å². The van der Waals surface area contributed by atoms with E-state index in [0.717, 1.165) is 30.4 Å². The monoisotopic (exact) mass is 344 g/mol. The van der Waals surface area contributed by atoms with Crippen LogP contribution >= 0.6 is 0 Å². The van der Waals surface area contributed by atoms with Crippen LogP contribution in [0.5, 0.6) is 5.75 Å². The first kappa shape index (κ1) is 19.3. The number of likely N-dealkylation sites (tertiary alicyclic amines) is 1. The van der Waals surface area contributed by atoms with E-state index in [1.165, 1.54) is 25.8 Å². The number of benzene rings is 1. The highest BCUT2D eigenvalue weighted by atomic mass is 16.5. The lowest BCUT2D eigenvalue weighted by Crippen LogP contribution is -2.45. The summed E-state index contributed by atoms with van der Waals surface area (Å²) < 4.78 is 5.70. The van der Waals surface area contributed by atoms with Crippen molar-refractivity contribution in [3.8, 4) is 5.75 Å². The number of rotatable bonds is 8. The Balaban J connectivity index is 1.77. The molecule has 1 aromatic rings. The Morgan fingerprint density at radius 2 is 2.20 bits per heavy atom. The van der Waals surface area contributed by atoms with Gasteiger partial charge in [0.15, 0.2) is 5.96 Å². The van der Waals surface area contributed by atoms with Gasteiger partial charge in [-0.2, -0.15) is 0 Å². The second-order valence-corrected chi connectivity index (χ2v) is 6.44. The van der Waals surface area contributed by atoms with Crippen molar-refractivity contribution in [2.24, 2.45) is 4.99 Å². The third kappa shape index (κ3) is 6.42. The molecular weight excluding hydrogens is 312 g/mol. The molecule has 1 aliphatic heterocycles. The zero-order valence-corrected chi connectivity index (χ0v) is 15.6. The molecule has 138 valence electrons. The minimum absolute atomic E-state index is 0.512. The average Bonchev–Trinajstić information content (AvgIpc) is 2.65. The van der Waals surface area contributed by atoms with Crippen molar-refractivity contribution in [3.63, 3.8) is 0 Å². The van der Waals surface area contributed by atoms with Crippen LogP contribution in [-0.2, 0) is 6.54 Å². The predicted molar refractivity (Wildman–Crippen MR) is 105 cm³/mol. The first-order chi connectivity index (χ1) is 12.2. The van der Waals surface area contributed by atoms with Crippen LogP contribution < -0.4 is 15.4 Å². The number of ether oxygens (including phenoxy) is 1. The third-order valence-electron chi connectivity index (χ3n) is 4.63. The third-order valence-corrected chi connectivity index (χ3v) is 4.63. The van der Waals surface area contributed by atoms with Crippen LogP contribution in [0, 0.1) is 0 Å². The Hall–Kier alpha value is -2.01. The maximum atomic E-state index is 5.70. The topological polar surface area (TPSA) is 48.9 Å². The highest BCUT2D eigenvalue weighted by molar-refractivity contribution is 5.79. The maximum absolute atomic E-state index is 5.70. The van der Waals surface area contributed by atoms with Crippen LogP contribution in [0.4, 0.5) is 0 Å². The number of piperidine rings is 1. The number of para-hydroxylation sites is 1. The second kappa shape index (κ2) is 10.8. The smallest absolute Gasteiger partial charge is 0.191 e. The van der Waals surface area contributed by atoms with Crippen molar-refractivity contribution in [1.82, 2.24) is 15.5 Å². The van der Waals surface area contributed by atoms with E-state index in [-0.39, 0.29) is 0 Å². The fourth-order valence-electron chi connectivity index (χ4n) is 3.15. The van der Waals surface area contributed by atoms with E-state index in [1.807, 2.05) is 18.2 Å². The Morgan fingerprint density at radius 1 is 1.36 bits per heavy atom. The summed E-state index contributed by atoms with van der Waals surface area (Å²) in [7, 11) is 1.80. The minimum atomic E-state index is 0.512. The molecule has 0 amide bonds. The first-order valence-electron chi connectivity index (χ1n) is 9.24. The maximum Gasteiger partial charge on any atom is 0.191 e. The number of nitrogens with one attached hydrogen (secondary N) is 2. The number of aliphatic imine (C=N–C) groups is 1. The van der Waals surface area contributed by atoms with Crippen LogP contribution in [-0.4, -0.2) is 50.2 Å². The van der Waals surface area contributed by atoms with Crippen LogP contribution in [0.3, 0.4) is 0 Å². The lowest BCUT2D eigenvalue weighted by Gasteiger charge is -2.33. The molecule has 1 heterocycles. The first-order valence-corrected chi connectivity index (χ1v) is 9.24. The van der Waals surface area contributed by atoms with E-state index in [0.29, 0.717) is 19.2 Å². The van der Waals surface area contributed by atoms with E-state index in [4.69, 9.17) is 4.74 Å². The highest BCUT2D eigenvalue weighted by Crippen LogP contribution is 2.17. The molecule has 0 saturated carbocycles. The summed E-state index contributed by atoms with van der Waals surface area (Å²) in [5.74, 6) is 1.70. The highest BCUT2D eigenvalue weighted by Gasteiger charge is 2.17. The van der Waals surface area contributed by atoms with Crippen molar-refractivity contribution >= 4 is 5.96 Å². The summed E-state index contributed by atoms with van der Waals surface area (Å²) in [6, 6.07) is 8.74. The summed E-state index contributed by atoms with van der Waals surface area (Å²) >= 11 is 0. The molecule has 0 spiro atoms. The van der Waals surface area contributed by atoms with E-state index >= 15 is 0 Å². The van der Waals surface area contributed by atoms with Crippen molar-refractivity contribution in [2.45, 2.75) is 38.8 Å². The Morgan fingerprint density at radius 3 is 2.96 bits per heavy atom. The SMILES string of the molecule is C=CCOc1ccccc1CNC(=NC)NCCN1CCCCC1C. The van der Waals surface area contributed by atoms with Gasteiger partial charge in [-0.3, -0.25) is 9.89 Å². The van der Waals surface area contributed by atoms with Gasteiger partial charge in [0.2, 0.25) is 0 Å². The Kier molecular flexibility index (Phi) is 8.32. The van der Waals surface area contributed by atoms with Gasteiger partial charge in [-0.25, -0.2) is 0 Å². The molecule has 5 heteroatoms. The van der Waals surface area contributed by atoms with Crippen LogP contribution in [0.15, 0.2) is 41.9 Å². The molecule has 1 unspecified atom stereocenters. The largest absolute Gasteiger partial charge is 0.489 e. The Bertz CT molecular complexity index is 558. The molecule has 0 aromatic heterocycles. The lowest BCUT2D eigenvalue weighted by atomic mass is 10.0. The average molecular weight is 345 g/mol. The summed E-state index contributed by atoms with van der Waals surface area (Å²) in [4.78, 5) is 6.87.